The number of likely N-dealkylation sites (tertiary alicyclic amines) is 1. The van der Waals surface area contributed by atoms with Crippen LogP contribution < -0.4 is 15.9 Å². The summed E-state index contributed by atoms with van der Waals surface area (Å²) >= 11 is 0. The fraction of sp³-hybridized carbons (Fsp3) is 0.333. The first-order chi connectivity index (χ1) is 11.1. The highest BCUT2D eigenvalue weighted by atomic mass is 16.5. The molecule has 8 nitrogen and oxygen atoms in total. The number of benzene rings is 1. The van der Waals surface area contributed by atoms with Crippen molar-refractivity contribution in [2.75, 3.05) is 19.7 Å². The fourth-order valence-electron chi connectivity index (χ4n) is 2.08. The Morgan fingerprint density at radius 3 is 2.48 bits per heavy atom. The molecule has 0 unspecified atom stereocenters. The van der Waals surface area contributed by atoms with Crippen LogP contribution in [0.25, 0.3) is 0 Å². The quantitative estimate of drug-likeness (QED) is 0.437. The first-order valence-electron chi connectivity index (χ1n) is 7.20. The summed E-state index contributed by atoms with van der Waals surface area (Å²) in [6, 6.07) is 6.66. The van der Waals surface area contributed by atoms with E-state index in [0.717, 1.165) is 12.8 Å². The minimum atomic E-state index is -0.746. The largest absolute Gasteiger partial charge is 0.484 e. The molecule has 0 saturated carbocycles. The van der Waals surface area contributed by atoms with Gasteiger partial charge >= 0.3 is 11.8 Å². The molecule has 1 aliphatic rings. The lowest BCUT2D eigenvalue weighted by Crippen LogP contribution is -2.39. The molecule has 0 atom stereocenters. The van der Waals surface area contributed by atoms with Crippen molar-refractivity contribution in [2.45, 2.75) is 12.8 Å². The van der Waals surface area contributed by atoms with Crippen molar-refractivity contribution in [3.63, 3.8) is 0 Å². The van der Waals surface area contributed by atoms with E-state index in [9.17, 15) is 14.4 Å². The Hall–Kier alpha value is -2.90. The Kier molecular flexibility index (Phi) is 5.67. The molecule has 1 saturated heterocycles. The number of hydrazone groups is 1. The molecular weight excluding hydrogens is 300 g/mol. The minimum Gasteiger partial charge on any atom is -0.484 e. The van der Waals surface area contributed by atoms with Crippen molar-refractivity contribution in [3.8, 4) is 5.75 Å². The summed E-state index contributed by atoms with van der Waals surface area (Å²) in [5.41, 5.74) is 7.89. The van der Waals surface area contributed by atoms with Crippen LogP contribution in [0, 0.1) is 0 Å². The zero-order valence-corrected chi connectivity index (χ0v) is 12.5. The van der Waals surface area contributed by atoms with Crippen LogP contribution in [0.2, 0.25) is 0 Å². The molecule has 8 heteroatoms. The second-order valence-electron chi connectivity index (χ2n) is 5.02. The van der Waals surface area contributed by atoms with E-state index in [4.69, 9.17) is 10.5 Å². The maximum atomic E-state index is 11.7. The molecule has 3 amide bonds. The molecule has 0 bridgehead atoms. The van der Waals surface area contributed by atoms with E-state index >= 15 is 0 Å². The number of carbonyl (C=O) groups excluding carboxylic acids is 3. The van der Waals surface area contributed by atoms with Gasteiger partial charge in [-0.25, -0.2) is 5.43 Å². The summed E-state index contributed by atoms with van der Waals surface area (Å²) in [7, 11) is 0. The minimum absolute atomic E-state index is 0.192. The van der Waals surface area contributed by atoms with E-state index in [1.54, 1.807) is 24.3 Å². The molecule has 0 radical (unpaired) electrons. The van der Waals surface area contributed by atoms with Gasteiger partial charge in [0.25, 0.3) is 5.91 Å². The number of carbonyl (C=O) groups is 3. The maximum Gasteiger partial charge on any atom is 0.329 e. The Morgan fingerprint density at radius 1 is 1.22 bits per heavy atom. The van der Waals surface area contributed by atoms with Crippen LogP contribution in [-0.4, -0.2) is 48.5 Å². The van der Waals surface area contributed by atoms with E-state index in [2.05, 4.69) is 10.5 Å². The van der Waals surface area contributed by atoms with Crippen LogP contribution in [0.5, 0.6) is 5.75 Å². The van der Waals surface area contributed by atoms with Gasteiger partial charge in [-0.05, 0) is 42.7 Å². The highest BCUT2D eigenvalue weighted by Crippen LogP contribution is 2.10. The number of nitrogens with two attached hydrogens (primary N) is 1. The molecule has 0 spiro atoms. The van der Waals surface area contributed by atoms with Gasteiger partial charge in [-0.3, -0.25) is 14.4 Å². The van der Waals surface area contributed by atoms with Crippen molar-refractivity contribution in [3.05, 3.63) is 29.8 Å². The number of nitrogens with zero attached hydrogens (tertiary/aromatic N) is 2. The molecule has 122 valence electrons. The SMILES string of the molecule is NC(=O)COc1ccc(/C=N\NC(=O)C(=O)N2CCCC2)cc1. The normalized spacial score (nSPS) is 14.0. The molecule has 3 N–H and O–H groups in total. The van der Waals surface area contributed by atoms with Gasteiger partial charge in [-0.2, -0.15) is 5.10 Å². The van der Waals surface area contributed by atoms with Gasteiger partial charge in [-0.1, -0.05) is 0 Å². The van der Waals surface area contributed by atoms with Crippen molar-refractivity contribution < 1.29 is 19.1 Å². The highest BCUT2D eigenvalue weighted by Gasteiger charge is 2.23. The Labute approximate surface area is 133 Å². The van der Waals surface area contributed by atoms with Gasteiger partial charge in [-0.15, -0.1) is 0 Å². The van der Waals surface area contributed by atoms with Gasteiger partial charge in [0.15, 0.2) is 6.61 Å². The van der Waals surface area contributed by atoms with Crippen LogP contribution in [-0.2, 0) is 14.4 Å². The Bertz CT molecular complexity index is 606. The van der Waals surface area contributed by atoms with Crippen LogP contribution in [0.15, 0.2) is 29.4 Å². The van der Waals surface area contributed by atoms with Crippen LogP contribution >= 0.6 is 0 Å². The zero-order chi connectivity index (χ0) is 16.7. The maximum absolute atomic E-state index is 11.7. The number of hydrogen-bond donors (Lipinski definition) is 2. The molecule has 23 heavy (non-hydrogen) atoms. The van der Waals surface area contributed by atoms with E-state index < -0.39 is 17.7 Å². The molecule has 1 heterocycles. The molecule has 0 aromatic heterocycles. The van der Waals surface area contributed by atoms with Gasteiger partial charge in [0, 0.05) is 13.1 Å². The topological polar surface area (TPSA) is 114 Å². The predicted octanol–water partition coefficient (Wildman–Crippen LogP) is -0.377. The summed E-state index contributed by atoms with van der Waals surface area (Å²) in [5, 5.41) is 3.75. The number of rotatable bonds is 5. The molecule has 1 aromatic rings. The monoisotopic (exact) mass is 318 g/mol. The summed E-state index contributed by atoms with van der Waals surface area (Å²) < 4.78 is 5.11. The van der Waals surface area contributed by atoms with Crippen molar-refractivity contribution in [1.29, 1.82) is 0 Å². The molecule has 0 aliphatic carbocycles. The average Bonchev–Trinajstić information content (AvgIpc) is 3.07. The lowest BCUT2D eigenvalue weighted by Gasteiger charge is -2.12. The number of primary amides is 1. The third-order valence-electron chi connectivity index (χ3n) is 3.23. The second-order valence-corrected chi connectivity index (χ2v) is 5.02. The molecule has 2 rings (SSSR count). The van der Waals surface area contributed by atoms with Crippen molar-refractivity contribution in [2.24, 2.45) is 10.8 Å². The third kappa shape index (κ3) is 5.10. The fourth-order valence-corrected chi connectivity index (χ4v) is 2.08. The second kappa shape index (κ2) is 7.92. The first-order valence-corrected chi connectivity index (χ1v) is 7.20. The van der Waals surface area contributed by atoms with Crippen molar-refractivity contribution in [1.82, 2.24) is 10.3 Å². The number of ether oxygens (including phenoxy) is 1. The number of amides is 3. The third-order valence-corrected chi connectivity index (χ3v) is 3.23. The lowest BCUT2D eigenvalue weighted by molar-refractivity contribution is -0.145. The molecular formula is C15H18N4O4. The Morgan fingerprint density at radius 2 is 1.87 bits per heavy atom. The molecule has 1 aromatic carbocycles. The first kappa shape index (κ1) is 16.5. The molecule has 1 aliphatic heterocycles. The summed E-state index contributed by atoms with van der Waals surface area (Å²) in [6.07, 6.45) is 3.26. The summed E-state index contributed by atoms with van der Waals surface area (Å²) in [5.74, 6) is -1.37. The number of nitrogens with one attached hydrogen (secondary N) is 1. The van der Waals surface area contributed by atoms with Crippen LogP contribution in [0.4, 0.5) is 0 Å². The number of hydrogen-bond acceptors (Lipinski definition) is 5. The summed E-state index contributed by atoms with van der Waals surface area (Å²) in [4.78, 5) is 35.5. The highest BCUT2D eigenvalue weighted by molar-refractivity contribution is 6.35. The Balaban J connectivity index is 1.81. The van der Waals surface area contributed by atoms with Gasteiger partial charge in [0.2, 0.25) is 0 Å². The van der Waals surface area contributed by atoms with E-state index in [-0.39, 0.29) is 6.61 Å². The smallest absolute Gasteiger partial charge is 0.329 e. The van der Waals surface area contributed by atoms with E-state index in [0.29, 0.717) is 24.4 Å². The van der Waals surface area contributed by atoms with Crippen LogP contribution in [0.3, 0.4) is 0 Å². The van der Waals surface area contributed by atoms with Gasteiger partial charge < -0.3 is 15.4 Å². The average molecular weight is 318 g/mol. The molecule has 1 fully saturated rings. The van der Waals surface area contributed by atoms with Gasteiger partial charge in [0.05, 0.1) is 6.21 Å². The zero-order valence-electron chi connectivity index (χ0n) is 12.5. The summed E-state index contributed by atoms with van der Waals surface area (Å²) in [6.45, 7) is 1.04. The predicted molar refractivity (Wildman–Crippen MR) is 82.7 cm³/mol. The van der Waals surface area contributed by atoms with E-state index in [1.807, 2.05) is 0 Å². The van der Waals surface area contributed by atoms with Gasteiger partial charge in [0.1, 0.15) is 5.75 Å². The lowest BCUT2D eigenvalue weighted by atomic mass is 10.2. The van der Waals surface area contributed by atoms with E-state index in [1.165, 1.54) is 11.1 Å². The van der Waals surface area contributed by atoms with Crippen molar-refractivity contribution >= 4 is 23.9 Å². The standard InChI is InChI=1S/C15H18N4O4/c16-13(20)10-23-12-5-3-11(4-6-12)9-17-18-14(21)15(22)19-7-1-2-8-19/h3-6,9H,1-2,7-8,10H2,(H2,16,20)(H,18,21)/b17-9-. The van der Waals surface area contributed by atoms with Crippen LogP contribution in [0.1, 0.15) is 18.4 Å².